The van der Waals surface area contributed by atoms with Crippen molar-refractivity contribution in [1.82, 2.24) is 39.0 Å². The molecular formula is C22H24FN9O2. The van der Waals surface area contributed by atoms with Crippen LogP contribution in [0, 0.1) is 5.82 Å². The summed E-state index contributed by atoms with van der Waals surface area (Å²) in [4.78, 5) is 36.2. The molecule has 1 unspecified atom stereocenters. The molecule has 34 heavy (non-hydrogen) atoms. The molecule has 0 aromatic carbocycles. The van der Waals surface area contributed by atoms with Gasteiger partial charge >= 0.3 is 0 Å². The van der Waals surface area contributed by atoms with Crippen LogP contribution in [0.2, 0.25) is 0 Å². The molecular weight excluding hydrogens is 441 g/mol. The maximum atomic E-state index is 14.3. The lowest BCUT2D eigenvalue weighted by Gasteiger charge is -2.17. The van der Waals surface area contributed by atoms with Gasteiger partial charge in [0.25, 0.3) is 5.91 Å². The Morgan fingerprint density at radius 1 is 1.29 bits per heavy atom. The number of hydrogen-bond donors (Lipinski definition) is 1. The lowest BCUT2D eigenvalue weighted by molar-refractivity contribution is 0.0782. The van der Waals surface area contributed by atoms with Crippen molar-refractivity contribution in [2.24, 2.45) is 7.05 Å². The lowest BCUT2D eigenvalue weighted by atomic mass is 10.2. The Bertz CT molecular complexity index is 1370. The number of pyridine rings is 1. The van der Waals surface area contributed by atoms with E-state index in [9.17, 15) is 9.18 Å². The van der Waals surface area contributed by atoms with E-state index >= 15 is 0 Å². The summed E-state index contributed by atoms with van der Waals surface area (Å²) in [6, 6.07) is 1.35. The summed E-state index contributed by atoms with van der Waals surface area (Å²) < 4.78 is 22.8. The molecule has 1 amide bonds. The molecule has 0 bridgehead atoms. The summed E-state index contributed by atoms with van der Waals surface area (Å²) in [6.45, 7) is 3.70. The van der Waals surface area contributed by atoms with Crippen molar-refractivity contribution >= 4 is 22.9 Å². The minimum Gasteiger partial charge on any atom is -0.479 e. The number of hydrogen-bond acceptors (Lipinski definition) is 8. The highest BCUT2D eigenvalue weighted by molar-refractivity contribution is 5.92. The maximum Gasteiger partial charge on any atom is 0.272 e. The molecule has 1 saturated heterocycles. The molecule has 0 radical (unpaired) electrons. The van der Waals surface area contributed by atoms with Gasteiger partial charge in [0.2, 0.25) is 5.88 Å². The zero-order chi connectivity index (χ0) is 23.8. The average Bonchev–Trinajstić information content (AvgIpc) is 3.57. The topological polar surface area (TPSA) is 116 Å². The molecule has 1 N–H and O–H groups in total. The zero-order valence-electron chi connectivity index (χ0n) is 19.1. The van der Waals surface area contributed by atoms with Gasteiger partial charge in [-0.3, -0.25) is 4.79 Å². The van der Waals surface area contributed by atoms with E-state index in [2.05, 4.69) is 25.3 Å². The molecule has 0 spiro atoms. The molecule has 176 valence electrons. The quantitative estimate of drug-likeness (QED) is 0.460. The number of carbonyl (C=O) groups excluding carboxylic acids is 1. The highest BCUT2D eigenvalue weighted by atomic mass is 19.1. The largest absolute Gasteiger partial charge is 0.479 e. The number of aromatic nitrogens is 7. The SMILES string of the molecule is CCn1c(-c2cnc(OC)c(F)c2)nc2c(NC3CCN(C(=O)c4cncn4C)C3)ncnc21. The minimum atomic E-state index is -0.566. The van der Waals surface area contributed by atoms with Gasteiger partial charge in [-0.2, -0.15) is 0 Å². The Morgan fingerprint density at radius 2 is 2.15 bits per heavy atom. The minimum absolute atomic E-state index is 0.00519. The molecule has 11 nitrogen and oxygen atoms in total. The normalized spacial score (nSPS) is 15.8. The highest BCUT2D eigenvalue weighted by Crippen LogP contribution is 2.29. The van der Waals surface area contributed by atoms with Crippen molar-refractivity contribution in [3.63, 3.8) is 0 Å². The second kappa shape index (κ2) is 8.69. The lowest BCUT2D eigenvalue weighted by Crippen LogP contribution is -2.32. The number of rotatable bonds is 6. The monoisotopic (exact) mass is 465 g/mol. The first-order valence-electron chi connectivity index (χ1n) is 10.9. The van der Waals surface area contributed by atoms with Crippen molar-refractivity contribution < 1.29 is 13.9 Å². The molecule has 5 heterocycles. The van der Waals surface area contributed by atoms with Gasteiger partial charge in [-0.25, -0.2) is 29.3 Å². The van der Waals surface area contributed by atoms with Gasteiger partial charge < -0.3 is 24.1 Å². The first-order valence-corrected chi connectivity index (χ1v) is 10.9. The third-order valence-corrected chi connectivity index (χ3v) is 5.96. The van der Waals surface area contributed by atoms with Crippen molar-refractivity contribution in [1.29, 1.82) is 0 Å². The van der Waals surface area contributed by atoms with E-state index in [-0.39, 0.29) is 17.8 Å². The van der Waals surface area contributed by atoms with E-state index < -0.39 is 5.82 Å². The first-order chi connectivity index (χ1) is 16.5. The fourth-order valence-corrected chi connectivity index (χ4v) is 4.24. The molecule has 0 aliphatic carbocycles. The van der Waals surface area contributed by atoms with E-state index in [4.69, 9.17) is 9.72 Å². The van der Waals surface area contributed by atoms with Crippen molar-refractivity contribution in [3.8, 4) is 17.3 Å². The molecule has 1 aliphatic rings. The number of fused-ring (bicyclic) bond motifs is 1. The number of halogens is 1. The van der Waals surface area contributed by atoms with Crippen LogP contribution in [0.15, 0.2) is 31.1 Å². The summed E-state index contributed by atoms with van der Waals surface area (Å²) in [5.74, 6) is 0.415. The standard InChI is InChI=1S/C22H24FN9O2/c1-4-32-19(13-7-15(23)21(34-3)25-8-13)29-17-18(26-11-27-20(17)32)28-14-5-6-31(10-14)22(33)16-9-24-12-30(16)2/h7-9,11-12,14H,4-6,10H2,1-3H3,(H,26,27,28). The van der Waals surface area contributed by atoms with Crippen LogP contribution < -0.4 is 10.1 Å². The molecule has 1 atom stereocenters. The van der Waals surface area contributed by atoms with Crippen LogP contribution in [0.5, 0.6) is 5.88 Å². The third-order valence-electron chi connectivity index (χ3n) is 5.96. The first kappa shape index (κ1) is 21.7. The number of aryl methyl sites for hydroxylation is 2. The Kier molecular flexibility index (Phi) is 5.56. The van der Waals surface area contributed by atoms with E-state index in [1.165, 1.54) is 25.7 Å². The van der Waals surface area contributed by atoms with Crippen LogP contribution in [0.1, 0.15) is 23.8 Å². The molecule has 12 heteroatoms. The number of imidazole rings is 2. The van der Waals surface area contributed by atoms with Gasteiger partial charge in [-0.05, 0) is 19.4 Å². The number of carbonyl (C=O) groups is 1. The van der Waals surface area contributed by atoms with E-state index in [1.54, 1.807) is 29.0 Å². The van der Waals surface area contributed by atoms with Gasteiger partial charge in [0.05, 0.1) is 19.6 Å². The highest BCUT2D eigenvalue weighted by Gasteiger charge is 2.29. The van der Waals surface area contributed by atoms with Crippen molar-refractivity contribution in [2.45, 2.75) is 25.9 Å². The number of nitrogens with one attached hydrogen (secondary N) is 1. The number of anilines is 1. The average molecular weight is 465 g/mol. The fourth-order valence-electron chi connectivity index (χ4n) is 4.24. The second-order valence-corrected chi connectivity index (χ2v) is 8.06. The van der Waals surface area contributed by atoms with Crippen LogP contribution in [0.25, 0.3) is 22.6 Å². The maximum absolute atomic E-state index is 14.3. The number of likely N-dealkylation sites (tertiary alicyclic amines) is 1. The van der Waals surface area contributed by atoms with Crippen LogP contribution >= 0.6 is 0 Å². The summed E-state index contributed by atoms with van der Waals surface area (Å²) in [7, 11) is 3.17. The fraction of sp³-hybridized carbons (Fsp3) is 0.364. The number of amides is 1. The van der Waals surface area contributed by atoms with Crippen LogP contribution in [0.3, 0.4) is 0 Å². The smallest absolute Gasteiger partial charge is 0.272 e. The van der Waals surface area contributed by atoms with E-state index in [0.29, 0.717) is 53.7 Å². The number of methoxy groups -OCH3 is 1. The number of nitrogens with zero attached hydrogens (tertiary/aromatic N) is 8. The molecule has 1 aliphatic heterocycles. The Balaban J connectivity index is 1.42. The molecule has 5 rings (SSSR count). The van der Waals surface area contributed by atoms with Crippen molar-refractivity contribution in [3.05, 3.63) is 42.6 Å². The number of ether oxygens (including phenoxy) is 1. The summed E-state index contributed by atoms with van der Waals surface area (Å²) in [5, 5.41) is 3.42. The van der Waals surface area contributed by atoms with Gasteiger partial charge in [-0.15, -0.1) is 0 Å². The van der Waals surface area contributed by atoms with Gasteiger partial charge in [-0.1, -0.05) is 0 Å². The summed E-state index contributed by atoms with van der Waals surface area (Å²) in [6.07, 6.45) is 6.96. The Hall–Kier alpha value is -4.09. The molecule has 1 fully saturated rings. The predicted octanol–water partition coefficient (Wildman–Crippen LogP) is 2.12. The van der Waals surface area contributed by atoms with Gasteiger partial charge in [0, 0.05) is 44.5 Å². The van der Waals surface area contributed by atoms with Gasteiger partial charge in [0.1, 0.15) is 17.8 Å². The molecule has 4 aromatic heterocycles. The van der Waals surface area contributed by atoms with E-state index in [0.717, 1.165) is 6.42 Å². The Labute approximate surface area is 194 Å². The van der Waals surface area contributed by atoms with Crippen molar-refractivity contribution in [2.75, 3.05) is 25.5 Å². The zero-order valence-corrected chi connectivity index (χ0v) is 19.1. The van der Waals surface area contributed by atoms with Crippen LogP contribution in [0.4, 0.5) is 10.2 Å². The molecule has 0 saturated carbocycles. The van der Waals surface area contributed by atoms with Gasteiger partial charge in [0.15, 0.2) is 22.8 Å². The Morgan fingerprint density at radius 3 is 2.85 bits per heavy atom. The molecule has 4 aromatic rings. The summed E-state index contributed by atoms with van der Waals surface area (Å²) in [5.41, 5.74) is 2.27. The van der Waals surface area contributed by atoms with E-state index in [1.807, 2.05) is 11.5 Å². The van der Waals surface area contributed by atoms with Crippen LogP contribution in [-0.2, 0) is 13.6 Å². The third kappa shape index (κ3) is 3.70. The summed E-state index contributed by atoms with van der Waals surface area (Å²) >= 11 is 0. The second-order valence-electron chi connectivity index (χ2n) is 8.06. The van der Waals surface area contributed by atoms with Crippen LogP contribution in [-0.4, -0.2) is 71.1 Å². The predicted molar refractivity (Wildman–Crippen MR) is 122 cm³/mol.